The lowest BCUT2D eigenvalue weighted by Crippen LogP contribution is -2.49. The molecule has 0 rings (SSSR count). The second-order valence-corrected chi connectivity index (χ2v) is 5.53. The SMILES string of the molecule is CC[C@@H](NC(=O)NCC(C)(C)CN(C)C)C(=O)O. The minimum atomic E-state index is -1.01. The maximum Gasteiger partial charge on any atom is 0.326 e. The molecule has 3 N–H and O–H groups in total. The number of rotatable bonds is 7. The van der Waals surface area contributed by atoms with Crippen LogP contribution in [0.3, 0.4) is 0 Å². The summed E-state index contributed by atoms with van der Waals surface area (Å²) >= 11 is 0. The highest BCUT2D eigenvalue weighted by Crippen LogP contribution is 2.13. The third-order valence-corrected chi connectivity index (χ3v) is 2.48. The molecule has 0 saturated heterocycles. The van der Waals surface area contributed by atoms with Crippen molar-refractivity contribution < 1.29 is 14.7 Å². The predicted octanol–water partition coefficient (Wildman–Crippen LogP) is 0.737. The summed E-state index contributed by atoms with van der Waals surface area (Å²) < 4.78 is 0. The fourth-order valence-corrected chi connectivity index (χ4v) is 1.78. The molecule has 0 radical (unpaired) electrons. The van der Waals surface area contributed by atoms with Crippen molar-refractivity contribution in [1.29, 1.82) is 0 Å². The molecule has 0 aromatic rings. The summed E-state index contributed by atoms with van der Waals surface area (Å²) in [6, 6.07) is -1.27. The first-order chi connectivity index (χ1) is 8.18. The first-order valence-electron chi connectivity index (χ1n) is 6.10. The first kappa shape index (κ1) is 16.7. The number of nitrogens with one attached hydrogen (secondary N) is 2. The van der Waals surface area contributed by atoms with Gasteiger partial charge in [-0.3, -0.25) is 0 Å². The molecule has 0 aliphatic heterocycles. The number of hydrogen-bond acceptors (Lipinski definition) is 3. The van der Waals surface area contributed by atoms with Gasteiger partial charge in [-0.1, -0.05) is 20.8 Å². The quantitative estimate of drug-likeness (QED) is 0.630. The topological polar surface area (TPSA) is 81.7 Å². The van der Waals surface area contributed by atoms with E-state index in [4.69, 9.17) is 5.11 Å². The molecular formula is C12H25N3O3. The van der Waals surface area contributed by atoms with Crippen LogP contribution in [0.4, 0.5) is 4.79 Å². The van der Waals surface area contributed by atoms with Crippen molar-refractivity contribution in [3.63, 3.8) is 0 Å². The number of amides is 2. The molecular weight excluding hydrogens is 234 g/mol. The van der Waals surface area contributed by atoms with Crippen LogP contribution in [0.1, 0.15) is 27.2 Å². The lowest BCUT2D eigenvalue weighted by Gasteiger charge is -2.28. The van der Waals surface area contributed by atoms with Gasteiger partial charge in [0.2, 0.25) is 0 Å². The van der Waals surface area contributed by atoms with Crippen molar-refractivity contribution in [3.05, 3.63) is 0 Å². The Balaban J connectivity index is 4.14. The molecule has 0 bridgehead atoms. The minimum absolute atomic E-state index is 0.0637. The Hall–Kier alpha value is -1.30. The van der Waals surface area contributed by atoms with Crippen molar-refractivity contribution in [1.82, 2.24) is 15.5 Å². The van der Waals surface area contributed by atoms with Crippen LogP contribution in [-0.2, 0) is 4.79 Å². The van der Waals surface area contributed by atoms with Gasteiger partial charge in [0.1, 0.15) is 6.04 Å². The van der Waals surface area contributed by atoms with Crippen LogP contribution in [0, 0.1) is 5.41 Å². The van der Waals surface area contributed by atoms with E-state index in [0.29, 0.717) is 13.0 Å². The summed E-state index contributed by atoms with van der Waals surface area (Å²) in [6.45, 7) is 7.13. The van der Waals surface area contributed by atoms with Gasteiger partial charge in [-0.2, -0.15) is 0 Å². The van der Waals surface area contributed by atoms with Crippen LogP contribution in [0.25, 0.3) is 0 Å². The van der Waals surface area contributed by atoms with E-state index >= 15 is 0 Å². The molecule has 0 aromatic carbocycles. The van der Waals surface area contributed by atoms with E-state index in [9.17, 15) is 9.59 Å². The van der Waals surface area contributed by atoms with E-state index in [1.165, 1.54) is 0 Å². The number of aliphatic carboxylic acids is 1. The normalized spacial score (nSPS) is 13.2. The number of carbonyl (C=O) groups excluding carboxylic acids is 1. The molecule has 106 valence electrons. The molecule has 2 amide bonds. The standard InChI is InChI=1S/C12H25N3O3/c1-6-9(10(16)17)14-11(18)13-7-12(2,3)8-15(4)5/h9H,6-8H2,1-5H3,(H,16,17)(H2,13,14,18)/t9-/m1/s1. The van der Waals surface area contributed by atoms with Crippen LogP contribution < -0.4 is 10.6 Å². The number of carboxylic acid groups (broad SMARTS) is 1. The number of carboxylic acids is 1. The minimum Gasteiger partial charge on any atom is -0.480 e. The second kappa shape index (κ2) is 7.20. The molecule has 0 heterocycles. The third kappa shape index (κ3) is 7.11. The summed E-state index contributed by atoms with van der Waals surface area (Å²) in [5.74, 6) is -1.01. The van der Waals surface area contributed by atoms with E-state index in [-0.39, 0.29) is 5.41 Å². The zero-order valence-corrected chi connectivity index (χ0v) is 11.9. The van der Waals surface area contributed by atoms with Gasteiger partial charge >= 0.3 is 12.0 Å². The van der Waals surface area contributed by atoms with Gasteiger partial charge in [-0.05, 0) is 25.9 Å². The van der Waals surface area contributed by atoms with Crippen molar-refractivity contribution in [2.45, 2.75) is 33.2 Å². The third-order valence-electron chi connectivity index (χ3n) is 2.48. The predicted molar refractivity (Wildman–Crippen MR) is 70.6 cm³/mol. The van der Waals surface area contributed by atoms with Crippen LogP contribution in [0.15, 0.2) is 0 Å². The fourth-order valence-electron chi connectivity index (χ4n) is 1.78. The van der Waals surface area contributed by atoms with E-state index < -0.39 is 18.0 Å². The number of hydrogen-bond donors (Lipinski definition) is 3. The van der Waals surface area contributed by atoms with Crippen LogP contribution in [0.2, 0.25) is 0 Å². The van der Waals surface area contributed by atoms with Gasteiger partial charge < -0.3 is 20.6 Å². The Morgan fingerprint density at radius 2 is 1.89 bits per heavy atom. The molecule has 0 aliphatic carbocycles. The average molecular weight is 259 g/mol. The lowest BCUT2D eigenvalue weighted by molar-refractivity contribution is -0.139. The monoisotopic (exact) mass is 259 g/mol. The van der Waals surface area contributed by atoms with Crippen LogP contribution in [0.5, 0.6) is 0 Å². The lowest BCUT2D eigenvalue weighted by atomic mass is 9.93. The summed E-state index contributed by atoms with van der Waals surface area (Å²) in [5.41, 5.74) is -0.0637. The number of urea groups is 1. The summed E-state index contributed by atoms with van der Waals surface area (Å²) in [7, 11) is 3.94. The smallest absolute Gasteiger partial charge is 0.326 e. The highest BCUT2D eigenvalue weighted by molar-refractivity contribution is 5.82. The molecule has 0 aromatic heterocycles. The Kier molecular flexibility index (Phi) is 6.68. The highest BCUT2D eigenvalue weighted by atomic mass is 16.4. The summed E-state index contributed by atoms with van der Waals surface area (Å²) in [4.78, 5) is 24.4. The van der Waals surface area contributed by atoms with E-state index in [0.717, 1.165) is 6.54 Å². The summed E-state index contributed by atoms with van der Waals surface area (Å²) in [6.07, 6.45) is 0.365. The van der Waals surface area contributed by atoms with Crippen LogP contribution >= 0.6 is 0 Å². The molecule has 18 heavy (non-hydrogen) atoms. The van der Waals surface area contributed by atoms with Gasteiger partial charge in [0.25, 0.3) is 0 Å². The Morgan fingerprint density at radius 1 is 1.33 bits per heavy atom. The average Bonchev–Trinajstić information content (AvgIpc) is 2.21. The van der Waals surface area contributed by atoms with Crippen LogP contribution in [-0.4, -0.2) is 55.2 Å². The number of carbonyl (C=O) groups is 2. The van der Waals surface area contributed by atoms with Crippen molar-refractivity contribution in [2.75, 3.05) is 27.2 Å². The van der Waals surface area contributed by atoms with Gasteiger partial charge in [0, 0.05) is 13.1 Å². The molecule has 6 nitrogen and oxygen atoms in total. The largest absolute Gasteiger partial charge is 0.480 e. The van der Waals surface area contributed by atoms with Crippen molar-refractivity contribution >= 4 is 12.0 Å². The first-order valence-corrected chi connectivity index (χ1v) is 6.10. The molecule has 0 aliphatic rings. The zero-order chi connectivity index (χ0) is 14.3. The molecule has 0 spiro atoms. The molecule has 0 unspecified atom stereocenters. The van der Waals surface area contributed by atoms with E-state index in [1.807, 2.05) is 32.8 Å². The molecule has 6 heteroatoms. The van der Waals surface area contributed by atoms with Crippen molar-refractivity contribution in [3.8, 4) is 0 Å². The maximum absolute atomic E-state index is 11.6. The maximum atomic E-state index is 11.6. The van der Waals surface area contributed by atoms with Crippen molar-refractivity contribution in [2.24, 2.45) is 5.41 Å². The van der Waals surface area contributed by atoms with E-state index in [2.05, 4.69) is 10.6 Å². The molecule has 0 saturated carbocycles. The Morgan fingerprint density at radius 3 is 2.28 bits per heavy atom. The van der Waals surface area contributed by atoms with Gasteiger partial charge in [0.05, 0.1) is 0 Å². The number of nitrogens with zero attached hydrogens (tertiary/aromatic N) is 1. The molecule has 1 atom stereocenters. The second-order valence-electron chi connectivity index (χ2n) is 5.53. The van der Waals surface area contributed by atoms with Gasteiger partial charge in [-0.25, -0.2) is 9.59 Å². The summed E-state index contributed by atoms with van der Waals surface area (Å²) in [5, 5.41) is 14.0. The van der Waals surface area contributed by atoms with Gasteiger partial charge in [-0.15, -0.1) is 0 Å². The van der Waals surface area contributed by atoms with Gasteiger partial charge in [0.15, 0.2) is 0 Å². The highest BCUT2D eigenvalue weighted by Gasteiger charge is 2.22. The zero-order valence-electron chi connectivity index (χ0n) is 11.9. The molecule has 0 fully saturated rings. The van der Waals surface area contributed by atoms with E-state index in [1.54, 1.807) is 6.92 Å². The Bertz CT molecular complexity index is 290. The Labute approximate surface area is 109 Å². The fraction of sp³-hybridized carbons (Fsp3) is 0.833.